The van der Waals surface area contributed by atoms with Gasteiger partial charge in [-0.1, -0.05) is 0 Å². The molecule has 0 aromatic carbocycles. The smallest absolute Gasteiger partial charge is 0.345 e. The van der Waals surface area contributed by atoms with E-state index in [1.165, 1.54) is 6.20 Å². The molecule has 1 saturated heterocycles. The number of anilines is 1. The van der Waals surface area contributed by atoms with Gasteiger partial charge in [0.25, 0.3) is 0 Å². The van der Waals surface area contributed by atoms with Gasteiger partial charge in [-0.25, -0.2) is 4.98 Å². The summed E-state index contributed by atoms with van der Waals surface area (Å²) in [4.78, 5) is 14.1. The highest BCUT2D eigenvalue weighted by Crippen LogP contribution is 2.33. The number of ether oxygens (including phenoxy) is 1. The van der Waals surface area contributed by atoms with Crippen LogP contribution >= 0.6 is 11.3 Å². The Balaban J connectivity index is 2.11. The maximum atomic E-state index is 10.5. The van der Waals surface area contributed by atoms with E-state index in [1.807, 2.05) is 13.8 Å². The topological polar surface area (TPSA) is 77.3 Å². The van der Waals surface area contributed by atoms with Crippen molar-refractivity contribution in [1.82, 2.24) is 4.98 Å². The molecular formula is C9H13N3O3S. The number of nitrogens with zero attached hydrogens (tertiary/aromatic N) is 2. The first-order valence-electron chi connectivity index (χ1n) is 5.01. The first-order valence-corrected chi connectivity index (χ1v) is 5.83. The third-order valence-electron chi connectivity index (χ3n) is 2.95. The molecule has 1 aromatic rings. The van der Waals surface area contributed by atoms with Crippen molar-refractivity contribution < 1.29 is 9.66 Å². The Bertz CT molecular complexity index is 408. The second-order valence-electron chi connectivity index (χ2n) is 4.07. The molecule has 0 aliphatic carbocycles. The molecule has 0 spiro atoms. The Morgan fingerprint density at radius 1 is 1.81 bits per heavy atom. The Morgan fingerprint density at radius 3 is 3.06 bits per heavy atom. The largest absolute Gasteiger partial charge is 0.376 e. The van der Waals surface area contributed by atoms with Crippen LogP contribution in [0.15, 0.2) is 6.20 Å². The van der Waals surface area contributed by atoms with E-state index in [4.69, 9.17) is 4.74 Å². The molecule has 2 rings (SSSR count). The zero-order valence-electron chi connectivity index (χ0n) is 9.10. The number of rotatable bonds is 3. The van der Waals surface area contributed by atoms with E-state index in [1.54, 1.807) is 0 Å². The van der Waals surface area contributed by atoms with Gasteiger partial charge < -0.3 is 10.1 Å². The van der Waals surface area contributed by atoms with Gasteiger partial charge in [-0.05, 0) is 31.6 Å². The average molecular weight is 243 g/mol. The van der Waals surface area contributed by atoms with Gasteiger partial charge in [0.15, 0.2) is 5.13 Å². The summed E-state index contributed by atoms with van der Waals surface area (Å²) in [5.41, 5.74) is -0.189. The molecule has 0 saturated carbocycles. The fourth-order valence-electron chi connectivity index (χ4n) is 1.65. The molecule has 1 fully saturated rings. The van der Waals surface area contributed by atoms with Crippen LogP contribution in [0, 0.1) is 10.1 Å². The standard InChI is InChI=1S/C9H13N3O3S/c1-6-9(2,3-4-15-6)11-8-10-5-7(16-8)12(13)14/h5-6H,3-4H2,1-2H3,(H,10,11). The Hall–Kier alpha value is -1.21. The molecule has 1 N–H and O–H groups in total. The fourth-order valence-corrected chi connectivity index (χ4v) is 2.42. The quantitative estimate of drug-likeness (QED) is 0.649. The van der Waals surface area contributed by atoms with Crippen LogP contribution in [0.4, 0.5) is 10.1 Å². The summed E-state index contributed by atoms with van der Waals surface area (Å²) >= 11 is 1.05. The van der Waals surface area contributed by atoms with Gasteiger partial charge in [-0.2, -0.15) is 0 Å². The van der Waals surface area contributed by atoms with Crippen LogP contribution < -0.4 is 5.32 Å². The SMILES string of the molecule is CC1OCCC1(C)Nc1ncc([N+](=O)[O-])s1. The molecule has 6 nitrogen and oxygen atoms in total. The molecule has 2 unspecified atom stereocenters. The van der Waals surface area contributed by atoms with Gasteiger partial charge in [-0.15, -0.1) is 0 Å². The second kappa shape index (κ2) is 3.99. The Labute approximate surface area is 96.8 Å². The maximum absolute atomic E-state index is 10.5. The maximum Gasteiger partial charge on any atom is 0.345 e. The molecule has 1 aliphatic heterocycles. The molecule has 1 aliphatic rings. The van der Waals surface area contributed by atoms with Crippen molar-refractivity contribution >= 4 is 21.5 Å². The highest BCUT2D eigenvalue weighted by atomic mass is 32.1. The Kier molecular flexibility index (Phi) is 2.81. The minimum Gasteiger partial charge on any atom is -0.376 e. The molecule has 0 amide bonds. The number of thiazole rings is 1. The lowest BCUT2D eigenvalue weighted by atomic mass is 9.95. The van der Waals surface area contributed by atoms with Gasteiger partial charge in [0.1, 0.15) is 6.20 Å². The van der Waals surface area contributed by atoms with E-state index in [9.17, 15) is 10.1 Å². The van der Waals surface area contributed by atoms with Gasteiger partial charge in [0.05, 0.1) is 16.6 Å². The first kappa shape index (κ1) is 11.3. The van der Waals surface area contributed by atoms with Crippen molar-refractivity contribution in [2.24, 2.45) is 0 Å². The summed E-state index contributed by atoms with van der Waals surface area (Å²) in [6.45, 7) is 4.73. The number of hydrogen-bond donors (Lipinski definition) is 1. The van der Waals surface area contributed by atoms with E-state index in [-0.39, 0.29) is 16.6 Å². The fraction of sp³-hybridized carbons (Fsp3) is 0.667. The van der Waals surface area contributed by atoms with Crippen LogP contribution in [0.5, 0.6) is 0 Å². The molecule has 2 atom stereocenters. The normalized spacial score (nSPS) is 29.2. The van der Waals surface area contributed by atoms with Crippen molar-refractivity contribution in [1.29, 1.82) is 0 Å². The van der Waals surface area contributed by atoms with Crippen LogP contribution in [0.2, 0.25) is 0 Å². The van der Waals surface area contributed by atoms with Crippen molar-refractivity contribution in [3.8, 4) is 0 Å². The van der Waals surface area contributed by atoms with E-state index in [0.29, 0.717) is 11.7 Å². The predicted octanol–water partition coefficient (Wildman–Crippen LogP) is 2.03. The lowest BCUT2D eigenvalue weighted by molar-refractivity contribution is -0.380. The molecular weight excluding hydrogens is 230 g/mol. The van der Waals surface area contributed by atoms with Crippen LogP contribution in [-0.2, 0) is 4.74 Å². The lowest BCUT2D eigenvalue weighted by Crippen LogP contribution is -2.41. The van der Waals surface area contributed by atoms with E-state index in [0.717, 1.165) is 17.8 Å². The number of nitrogens with one attached hydrogen (secondary N) is 1. The second-order valence-corrected chi connectivity index (χ2v) is 5.08. The summed E-state index contributed by atoms with van der Waals surface area (Å²) in [7, 11) is 0. The number of hydrogen-bond acceptors (Lipinski definition) is 6. The van der Waals surface area contributed by atoms with Crippen molar-refractivity contribution in [3.63, 3.8) is 0 Å². The van der Waals surface area contributed by atoms with Crippen molar-refractivity contribution in [3.05, 3.63) is 16.3 Å². The first-order chi connectivity index (χ1) is 7.51. The summed E-state index contributed by atoms with van der Waals surface area (Å²) in [6, 6.07) is 0. The van der Waals surface area contributed by atoms with Crippen LogP contribution in [-0.4, -0.2) is 28.2 Å². The van der Waals surface area contributed by atoms with Gasteiger partial charge in [0, 0.05) is 6.61 Å². The van der Waals surface area contributed by atoms with E-state index < -0.39 is 4.92 Å². The predicted molar refractivity (Wildman–Crippen MR) is 60.8 cm³/mol. The van der Waals surface area contributed by atoms with Crippen LogP contribution in [0.25, 0.3) is 0 Å². The van der Waals surface area contributed by atoms with Crippen molar-refractivity contribution in [2.75, 3.05) is 11.9 Å². The monoisotopic (exact) mass is 243 g/mol. The molecule has 88 valence electrons. The summed E-state index contributed by atoms with van der Waals surface area (Å²) in [6.07, 6.45) is 2.23. The van der Waals surface area contributed by atoms with E-state index in [2.05, 4.69) is 10.3 Å². The van der Waals surface area contributed by atoms with Crippen LogP contribution in [0.3, 0.4) is 0 Å². The highest BCUT2D eigenvalue weighted by Gasteiger charge is 2.37. The zero-order valence-corrected chi connectivity index (χ0v) is 9.91. The third-order valence-corrected chi connectivity index (χ3v) is 3.82. The third kappa shape index (κ3) is 2.00. The van der Waals surface area contributed by atoms with E-state index >= 15 is 0 Å². The Morgan fingerprint density at radius 2 is 2.56 bits per heavy atom. The van der Waals surface area contributed by atoms with Crippen LogP contribution in [0.1, 0.15) is 20.3 Å². The molecule has 2 heterocycles. The minimum absolute atomic E-state index is 0.0534. The number of aromatic nitrogens is 1. The summed E-state index contributed by atoms with van der Waals surface area (Å²) in [5, 5.41) is 14.4. The van der Waals surface area contributed by atoms with Gasteiger partial charge in [0.2, 0.25) is 0 Å². The molecule has 1 aromatic heterocycles. The molecule has 16 heavy (non-hydrogen) atoms. The molecule has 0 bridgehead atoms. The van der Waals surface area contributed by atoms with Gasteiger partial charge >= 0.3 is 5.00 Å². The summed E-state index contributed by atoms with van der Waals surface area (Å²) in [5.74, 6) is 0. The minimum atomic E-state index is -0.431. The number of nitro groups is 1. The lowest BCUT2D eigenvalue weighted by Gasteiger charge is -2.28. The average Bonchev–Trinajstić information content (AvgIpc) is 2.76. The van der Waals surface area contributed by atoms with Gasteiger partial charge in [-0.3, -0.25) is 10.1 Å². The summed E-state index contributed by atoms with van der Waals surface area (Å²) < 4.78 is 5.48. The molecule has 0 radical (unpaired) electrons. The highest BCUT2D eigenvalue weighted by molar-refractivity contribution is 7.18. The zero-order chi connectivity index (χ0) is 11.8. The molecule has 7 heteroatoms. The van der Waals surface area contributed by atoms with Crippen molar-refractivity contribution in [2.45, 2.75) is 31.9 Å².